The van der Waals surface area contributed by atoms with E-state index in [1.165, 1.54) is 12.1 Å². The van der Waals surface area contributed by atoms with Gasteiger partial charge in [-0.15, -0.1) is 0 Å². The van der Waals surface area contributed by atoms with Crippen LogP contribution in [0.5, 0.6) is 5.75 Å². The highest BCUT2D eigenvalue weighted by molar-refractivity contribution is 8.13. The summed E-state index contributed by atoms with van der Waals surface area (Å²) >= 11 is 0. The molecule has 0 aliphatic heterocycles. The fourth-order valence-electron chi connectivity index (χ4n) is 2.05. The molecule has 0 aromatic heterocycles. The average molecular weight is 332 g/mol. The Hall–Kier alpha value is -1.27. The number of benzene rings is 1. The zero-order valence-electron chi connectivity index (χ0n) is 12.0. The number of halogens is 1. The van der Waals surface area contributed by atoms with E-state index in [-0.39, 0.29) is 23.8 Å². The molecule has 1 aromatic rings. The monoisotopic (exact) mass is 331 g/mol. The fraction of sp³-hybridized carbons (Fsp3) is 0.500. The maximum atomic E-state index is 11.6. The van der Waals surface area contributed by atoms with Gasteiger partial charge >= 0.3 is 0 Å². The first kappa shape index (κ1) is 16.1. The normalized spacial score (nSPS) is 14.8. The number of ether oxygens (including phenoxy) is 1. The Balaban J connectivity index is 1.98. The number of carbonyl (C=O) groups is 1. The van der Waals surface area contributed by atoms with Gasteiger partial charge in [-0.1, -0.05) is 0 Å². The topological polar surface area (TPSA) is 72.5 Å². The van der Waals surface area contributed by atoms with Crippen LogP contribution >= 0.6 is 10.7 Å². The van der Waals surface area contributed by atoms with E-state index in [1.54, 1.807) is 13.8 Å². The molecule has 1 saturated carbocycles. The summed E-state index contributed by atoms with van der Waals surface area (Å²) in [5, 5.41) is 2.88. The van der Waals surface area contributed by atoms with Crippen molar-refractivity contribution in [2.75, 3.05) is 6.61 Å². The van der Waals surface area contributed by atoms with Crippen LogP contribution in [0.4, 0.5) is 0 Å². The van der Waals surface area contributed by atoms with Crippen LogP contribution in [0.2, 0.25) is 0 Å². The summed E-state index contributed by atoms with van der Waals surface area (Å²) in [6, 6.07) is 3.28. The molecule has 1 aliphatic rings. The van der Waals surface area contributed by atoms with E-state index in [9.17, 15) is 13.2 Å². The average Bonchev–Trinajstić information content (AvgIpc) is 3.15. The van der Waals surface area contributed by atoms with E-state index in [0.717, 1.165) is 12.8 Å². The highest BCUT2D eigenvalue weighted by Gasteiger charge is 2.23. The first-order valence-electron chi connectivity index (χ1n) is 6.75. The van der Waals surface area contributed by atoms with Crippen molar-refractivity contribution in [1.29, 1.82) is 0 Å². The van der Waals surface area contributed by atoms with Crippen LogP contribution in [0.25, 0.3) is 0 Å². The summed E-state index contributed by atoms with van der Waals surface area (Å²) in [6.07, 6.45) is 2.39. The zero-order chi connectivity index (χ0) is 15.6. The Morgan fingerprint density at radius 1 is 1.33 bits per heavy atom. The molecular formula is C14H18ClNO4S. The minimum absolute atomic E-state index is 0.0206. The van der Waals surface area contributed by atoms with Gasteiger partial charge in [0, 0.05) is 16.7 Å². The van der Waals surface area contributed by atoms with E-state index >= 15 is 0 Å². The third kappa shape index (κ3) is 4.61. The van der Waals surface area contributed by atoms with Crippen molar-refractivity contribution < 1.29 is 17.9 Å². The van der Waals surface area contributed by atoms with Crippen molar-refractivity contribution in [2.45, 2.75) is 44.0 Å². The molecule has 5 nitrogen and oxygen atoms in total. The van der Waals surface area contributed by atoms with Crippen LogP contribution in [-0.2, 0) is 13.8 Å². The number of aryl methyl sites for hydroxylation is 2. The first-order valence-corrected chi connectivity index (χ1v) is 9.06. The lowest BCUT2D eigenvalue weighted by Gasteiger charge is -2.13. The molecule has 0 spiro atoms. The van der Waals surface area contributed by atoms with Crippen molar-refractivity contribution >= 4 is 25.6 Å². The Morgan fingerprint density at radius 3 is 2.38 bits per heavy atom. The summed E-state index contributed by atoms with van der Waals surface area (Å²) in [6.45, 7) is 3.75. The second-order valence-electron chi connectivity index (χ2n) is 5.26. The second-order valence-corrected chi connectivity index (χ2v) is 7.83. The molecule has 1 fully saturated rings. The molecule has 0 atom stereocenters. The summed E-state index contributed by atoms with van der Waals surface area (Å²) in [4.78, 5) is 11.6. The molecule has 1 aromatic carbocycles. The van der Waals surface area contributed by atoms with Crippen LogP contribution < -0.4 is 10.1 Å². The lowest BCUT2D eigenvalue weighted by molar-refractivity contribution is -0.121. The van der Waals surface area contributed by atoms with Crippen LogP contribution in [-0.4, -0.2) is 27.0 Å². The first-order chi connectivity index (χ1) is 9.77. The molecule has 7 heteroatoms. The molecule has 0 bridgehead atoms. The lowest BCUT2D eigenvalue weighted by atomic mass is 10.1. The van der Waals surface area contributed by atoms with Gasteiger partial charge in [-0.05, 0) is 49.9 Å². The predicted octanol–water partition coefficient (Wildman–Crippen LogP) is 2.28. The van der Waals surface area contributed by atoms with Gasteiger partial charge in [0.25, 0.3) is 9.05 Å². The van der Waals surface area contributed by atoms with E-state index in [2.05, 4.69) is 5.32 Å². The van der Waals surface area contributed by atoms with Gasteiger partial charge in [0.2, 0.25) is 5.91 Å². The summed E-state index contributed by atoms with van der Waals surface area (Å²) in [7, 11) is 1.58. The molecule has 1 amide bonds. The zero-order valence-corrected chi connectivity index (χ0v) is 13.6. The van der Waals surface area contributed by atoms with Crippen LogP contribution in [0, 0.1) is 13.8 Å². The summed E-state index contributed by atoms with van der Waals surface area (Å²) in [5.74, 6) is 0.575. The lowest BCUT2D eigenvalue weighted by Crippen LogP contribution is -2.26. The Morgan fingerprint density at radius 2 is 1.90 bits per heavy atom. The summed E-state index contributed by atoms with van der Waals surface area (Å²) in [5.41, 5.74) is 1.36. The summed E-state index contributed by atoms with van der Waals surface area (Å²) < 4.78 is 28.3. The smallest absolute Gasteiger partial charge is 0.261 e. The quantitative estimate of drug-likeness (QED) is 0.812. The van der Waals surface area contributed by atoms with Crippen molar-refractivity contribution in [2.24, 2.45) is 0 Å². The molecule has 0 radical (unpaired) electrons. The Labute approximate surface area is 129 Å². The third-order valence-corrected chi connectivity index (χ3v) is 4.57. The third-order valence-electron chi connectivity index (χ3n) is 3.23. The number of nitrogens with one attached hydrogen (secondary N) is 1. The highest BCUT2D eigenvalue weighted by atomic mass is 35.7. The van der Waals surface area contributed by atoms with E-state index in [0.29, 0.717) is 22.9 Å². The van der Waals surface area contributed by atoms with Crippen LogP contribution in [0.1, 0.15) is 30.4 Å². The molecule has 1 N–H and O–H groups in total. The number of hydrogen-bond acceptors (Lipinski definition) is 4. The number of hydrogen-bond donors (Lipinski definition) is 1. The van der Waals surface area contributed by atoms with Crippen molar-refractivity contribution in [3.05, 3.63) is 23.3 Å². The van der Waals surface area contributed by atoms with Gasteiger partial charge < -0.3 is 10.1 Å². The van der Waals surface area contributed by atoms with E-state index in [1.807, 2.05) is 0 Å². The highest BCUT2D eigenvalue weighted by Crippen LogP contribution is 2.28. The second kappa shape index (κ2) is 6.23. The number of carbonyl (C=O) groups excluding carboxylic acids is 1. The molecule has 1 aliphatic carbocycles. The Kier molecular flexibility index (Phi) is 4.78. The Bertz CT molecular complexity index is 630. The minimum atomic E-state index is -3.75. The molecule has 0 unspecified atom stereocenters. The van der Waals surface area contributed by atoms with Gasteiger partial charge in [0.15, 0.2) is 0 Å². The largest absolute Gasteiger partial charge is 0.493 e. The van der Waals surface area contributed by atoms with Gasteiger partial charge in [-0.3, -0.25) is 4.79 Å². The van der Waals surface area contributed by atoms with Gasteiger partial charge in [0.1, 0.15) is 5.75 Å². The molecular weight excluding hydrogens is 314 g/mol. The maximum Gasteiger partial charge on any atom is 0.261 e. The van der Waals surface area contributed by atoms with Crippen LogP contribution in [0.15, 0.2) is 17.0 Å². The molecule has 0 heterocycles. The van der Waals surface area contributed by atoms with Crippen molar-refractivity contribution in [1.82, 2.24) is 5.32 Å². The van der Waals surface area contributed by atoms with Gasteiger partial charge in [0.05, 0.1) is 17.9 Å². The number of rotatable bonds is 6. The maximum absolute atomic E-state index is 11.6. The number of amides is 1. The van der Waals surface area contributed by atoms with Gasteiger partial charge in [-0.25, -0.2) is 8.42 Å². The molecule has 21 heavy (non-hydrogen) atoms. The van der Waals surface area contributed by atoms with Gasteiger partial charge in [-0.2, -0.15) is 0 Å². The SMILES string of the molecule is Cc1cc(S(=O)(=O)Cl)cc(C)c1OCCC(=O)NC1CC1. The predicted molar refractivity (Wildman–Crippen MR) is 80.2 cm³/mol. The fourth-order valence-corrected chi connectivity index (χ4v) is 2.95. The van der Waals surface area contributed by atoms with Crippen molar-refractivity contribution in [3.63, 3.8) is 0 Å². The van der Waals surface area contributed by atoms with E-state index in [4.69, 9.17) is 15.4 Å². The van der Waals surface area contributed by atoms with Crippen LogP contribution in [0.3, 0.4) is 0 Å². The van der Waals surface area contributed by atoms with E-state index < -0.39 is 9.05 Å². The standard InChI is InChI=1S/C14H18ClNO4S/c1-9-7-12(21(15,18)19)8-10(2)14(9)20-6-5-13(17)16-11-3-4-11/h7-8,11H,3-6H2,1-2H3,(H,16,17). The molecule has 0 saturated heterocycles. The molecule has 2 rings (SSSR count). The van der Waals surface area contributed by atoms with Crippen molar-refractivity contribution in [3.8, 4) is 5.75 Å². The minimum Gasteiger partial charge on any atom is -0.493 e. The molecule has 116 valence electrons.